The quantitative estimate of drug-likeness (QED) is 0.573. The van der Waals surface area contributed by atoms with E-state index in [-0.39, 0.29) is 30.2 Å². The molecule has 8 rings (SSSR count). The number of carbonyl (C=O) groups excluding carboxylic acids is 3. The fraction of sp³-hybridized carbons (Fsp3) is 0.800. The first-order chi connectivity index (χ1) is 14.8. The number of carbonyl (C=O) groups is 3. The summed E-state index contributed by atoms with van der Waals surface area (Å²) in [5, 5.41) is 11.4. The summed E-state index contributed by atoms with van der Waals surface area (Å²) in [7, 11) is 0. The molecule has 4 saturated heterocycles. The molecule has 7 fully saturated rings. The average Bonchev–Trinajstić information content (AvgIpc) is 2.87. The molecule has 8 aliphatic rings. The summed E-state index contributed by atoms with van der Waals surface area (Å²) in [6.45, 7) is 9.81. The fourth-order valence-electron chi connectivity index (χ4n) is 9.21. The molecule has 0 amide bonds. The lowest BCUT2D eigenvalue weighted by atomic mass is 9.46. The van der Waals surface area contributed by atoms with E-state index in [0.717, 1.165) is 6.42 Å². The van der Waals surface area contributed by atoms with Gasteiger partial charge in [0.15, 0.2) is 0 Å². The van der Waals surface area contributed by atoms with Crippen LogP contribution in [0, 0.1) is 34.0 Å². The van der Waals surface area contributed by atoms with E-state index in [1.165, 1.54) is 6.08 Å². The standard InChI is InChI=1S/C25H32O7/c1-20(2)13-6-9-24-11-22(4)17(27)16-18(28)30-12-25(16,32-24)23(5,19(22)29)10-14(24)21(13,3)8-7-15(26)31-20/h7-8,13-14,16-17,27H,6,9-12H2,1-5H3/t13-,14-,16+,17+,21-,22-,23-,24-,25+/m0/s1. The third-order valence-corrected chi connectivity index (χ3v) is 10.5. The highest BCUT2D eigenvalue weighted by molar-refractivity contribution is 5.97. The molecule has 0 aromatic heterocycles. The zero-order valence-electron chi connectivity index (χ0n) is 19.4. The molecule has 3 saturated carbocycles. The Balaban J connectivity index is 1.59. The van der Waals surface area contributed by atoms with E-state index >= 15 is 0 Å². The number of aliphatic hydroxyl groups excluding tert-OH is 1. The van der Waals surface area contributed by atoms with Crippen molar-refractivity contribution in [3.05, 3.63) is 12.2 Å². The number of hydrogen-bond donors (Lipinski definition) is 1. The van der Waals surface area contributed by atoms with Gasteiger partial charge in [0.25, 0.3) is 0 Å². The zero-order chi connectivity index (χ0) is 23.1. The van der Waals surface area contributed by atoms with Crippen molar-refractivity contribution in [3.63, 3.8) is 0 Å². The van der Waals surface area contributed by atoms with Crippen molar-refractivity contribution in [1.82, 2.24) is 0 Å². The SMILES string of the molecule is CC1(C)OC(=O)C=C[C@]2(C)[C@@H]3C[C@@]4(C)C(=O)[C@@]5(C)C[C@]3(CC[C@@H]12)O[C@@]41COC(=O)[C@H]1[C@H]5O. The Morgan fingerprint density at radius 2 is 1.78 bits per heavy atom. The molecule has 0 aromatic carbocycles. The summed E-state index contributed by atoms with van der Waals surface area (Å²) in [6, 6.07) is 0. The Kier molecular flexibility index (Phi) is 3.58. The molecular weight excluding hydrogens is 412 g/mol. The van der Waals surface area contributed by atoms with Crippen LogP contribution < -0.4 is 0 Å². The molecule has 7 nitrogen and oxygen atoms in total. The topological polar surface area (TPSA) is 99.1 Å². The maximum absolute atomic E-state index is 14.1. The molecule has 32 heavy (non-hydrogen) atoms. The third-order valence-electron chi connectivity index (χ3n) is 10.5. The fourth-order valence-corrected chi connectivity index (χ4v) is 9.21. The van der Waals surface area contributed by atoms with Crippen LogP contribution in [0.4, 0.5) is 0 Å². The minimum atomic E-state index is -1.15. The molecule has 174 valence electrons. The molecule has 1 N–H and O–H groups in total. The number of fused-ring (bicyclic) bond motifs is 1. The Hall–Kier alpha value is -1.73. The largest absolute Gasteiger partial charge is 0.462 e. The zero-order valence-corrected chi connectivity index (χ0v) is 19.4. The van der Waals surface area contributed by atoms with Crippen molar-refractivity contribution >= 4 is 17.7 Å². The molecule has 3 aliphatic carbocycles. The van der Waals surface area contributed by atoms with Crippen LogP contribution in [0.2, 0.25) is 0 Å². The molecule has 5 aliphatic heterocycles. The summed E-state index contributed by atoms with van der Waals surface area (Å²) in [5.74, 6) is -1.71. The van der Waals surface area contributed by atoms with Crippen molar-refractivity contribution in [1.29, 1.82) is 0 Å². The number of Topliss-reactive ketones (excluding diaryl/α,β-unsaturated/α-hetero) is 1. The van der Waals surface area contributed by atoms with E-state index in [1.54, 1.807) is 6.92 Å². The molecule has 7 heteroatoms. The smallest absolute Gasteiger partial charge is 0.330 e. The number of esters is 2. The highest BCUT2D eigenvalue weighted by atomic mass is 16.6. The number of hydrogen-bond acceptors (Lipinski definition) is 7. The van der Waals surface area contributed by atoms with E-state index < -0.39 is 51.0 Å². The maximum Gasteiger partial charge on any atom is 0.330 e. The van der Waals surface area contributed by atoms with Crippen LogP contribution in [0.15, 0.2) is 12.2 Å². The second-order valence-corrected chi connectivity index (χ2v) is 12.4. The van der Waals surface area contributed by atoms with Gasteiger partial charge in [-0.1, -0.05) is 13.0 Å². The van der Waals surface area contributed by atoms with Gasteiger partial charge in [-0.15, -0.1) is 0 Å². The highest BCUT2D eigenvalue weighted by Gasteiger charge is 2.84. The van der Waals surface area contributed by atoms with Gasteiger partial charge >= 0.3 is 11.9 Å². The van der Waals surface area contributed by atoms with Gasteiger partial charge in [0.05, 0.1) is 22.5 Å². The number of aliphatic hydroxyl groups is 1. The molecule has 9 atom stereocenters. The Bertz CT molecular complexity index is 1000. The second-order valence-electron chi connectivity index (χ2n) is 12.4. The van der Waals surface area contributed by atoms with Crippen LogP contribution in [0.3, 0.4) is 0 Å². The Labute approximate surface area is 187 Å². The van der Waals surface area contributed by atoms with E-state index in [4.69, 9.17) is 14.2 Å². The predicted octanol–water partition coefficient (Wildman–Crippen LogP) is 2.34. The van der Waals surface area contributed by atoms with Crippen LogP contribution in [0.1, 0.15) is 60.3 Å². The van der Waals surface area contributed by atoms with E-state index in [2.05, 4.69) is 6.92 Å². The molecular formula is C25H32O7. The Morgan fingerprint density at radius 1 is 1.06 bits per heavy atom. The lowest BCUT2D eigenvalue weighted by Crippen LogP contribution is -2.73. The van der Waals surface area contributed by atoms with E-state index in [1.807, 2.05) is 26.8 Å². The maximum atomic E-state index is 14.1. The van der Waals surface area contributed by atoms with Crippen LogP contribution in [-0.2, 0) is 28.6 Å². The molecule has 4 bridgehead atoms. The normalized spacial score (nSPS) is 57.1. The molecule has 2 spiro atoms. The second kappa shape index (κ2) is 5.49. The molecule has 0 aromatic rings. The number of ether oxygens (including phenoxy) is 3. The predicted molar refractivity (Wildman–Crippen MR) is 111 cm³/mol. The molecule has 0 radical (unpaired) electrons. The monoisotopic (exact) mass is 444 g/mol. The minimum Gasteiger partial charge on any atom is -0.462 e. The van der Waals surface area contributed by atoms with Crippen molar-refractivity contribution < 1.29 is 33.7 Å². The van der Waals surface area contributed by atoms with Gasteiger partial charge < -0.3 is 19.3 Å². The van der Waals surface area contributed by atoms with Gasteiger partial charge in [-0.05, 0) is 64.7 Å². The number of rotatable bonds is 0. The van der Waals surface area contributed by atoms with Crippen LogP contribution in [0.5, 0.6) is 0 Å². The number of ketones is 1. The van der Waals surface area contributed by atoms with E-state index in [0.29, 0.717) is 19.3 Å². The lowest BCUT2D eigenvalue weighted by Gasteiger charge is -2.65. The third kappa shape index (κ3) is 1.97. The first kappa shape index (κ1) is 20.8. The average molecular weight is 445 g/mol. The van der Waals surface area contributed by atoms with Crippen LogP contribution in [-0.4, -0.2) is 52.3 Å². The summed E-state index contributed by atoms with van der Waals surface area (Å²) in [5.41, 5.74) is -5.01. The van der Waals surface area contributed by atoms with Gasteiger partial charge in [-0.25, -0.2) is 4.79 Å². The van der Waals surface area contributed by atoms with Gasteiger partial charge in [0.1, 0.15) is 29.5 Å². The van der Waals surface area contributed by atoms with Crippen molar-refractivity contribution in [2.24, 2.45) is 34.0 Å². The van der Waals surface area contributed by atoms with Crippen molar-refractivity contribution in [3.8, 4) is 0 Å². The van der Waals surface area contributed by atoms with Gasteiger partial charge in [0.2, 0.25) is 0 Å². The van der Waals surface area contributed by atoms with Gasteiger partial charge in [-0.2, -0.15) is 0 Å². The summed E-state index contributed by atoms with van der Waals surface area (Å²) in [4.78, 5) is 39.3. The Morgan fingerprint density at radius 3 is 2.50 bits per heavy atom. The molecule has 0 unspecified atom stereocenters. The van der Waals surface area contributed by atoms with Crippen LogP contribution in [0.25, 0.3) is 0 Å². The van der Waals surface area contributed by atoms with Crippen molar-refractivity contribution in [2.45, 2.75) is 83.2 Å². The summed E-state index contributed by atoms with van der Waals surface area (Å²) < 4.78 is 18.3. The van der Waals surface area contributed by atoms with Crippen LogP contribution >= 0.6 is 0 Å². The highest BCUT2D eigenvalue weighted by Crippen LogP contribution is 2.74. The number of cyclic esters (lactones) is 2. The van der Waals surface area contributed by atoms with E-state index in [9.17, 15) is 19.5 Å². The molecule has 5 heterocycles. The first-order valence-electron chi connectivity index (χ1n) is 11.8. The summed E-state index contributed by atoms with van der Waals surface area (Å²) in [6.07, 6.45) is 4.71. The lowest BCUT2D eigenvalue weighted by molar-refractivity contribution is -0.304. The van der Waals surface area contributed by atoms with Gasteiger partial charge in [-0.3, -0.25) is 9.59 Å². The van der Waals surface area contributed by atoms with Gasteiger partial charge in [0, 0.05) is 12.0 Å². The summed E-state index contributed by atoms with van der Waals surface area (Å²) >= 11 is 0. The minimum absolute atomic E-state index is 0.00340. The number of allylic oxidation sites excluding steroid dienone is 1. The first-order valence-corrected chi connectivity index (χ1v) is 11.8. The van der Waals surface area contributed by atoms with Crippen molar-refractivity contribution in [2.75, 3.05) is 6.61 Å².